The van der Waals surface area contributed by atoms with Crippen LogP contribution in [-0.2, 0) is 0 Å². The first-order valence-electron chi connectivity index (χ1n) is 9.75. The summed E-state index contributed by atoms with van der Waals surface area (Å²) in [4.78, 5) is 22.2. The van der Waals surface area contributed by atoms with Crippen LogP contribution in [0.5, 0.6) is 0 Å². The van der Waals surface area contributed by atoms with Gasteiger partial charge in [-0.2, -0.15) is 0 Å². The van der Waals surface area contributed by atoms with Crippen LogP contribution < -0.4 is 4.90 Å². The first-order chi connectivity index (χ1) is 13.9. The van der Waals surface area contributed by atoms with E-state index < -0.39 is 0 Å². The molecule has 0 unspecified atom stereocenters. The Bertz CT molecular complexity index is 1160. The zero-order valence-corrected chi connectivity index (χ0v) is 18.1. The Balaban J connectivity index is 1.75. The molecular weight excluding hydrogens is 378 g/mol. The van der Waals surface area contributed by atoms with Crippen LogP contribution in [0.2, 0.25) is 0 Å². The van der Waals surface area contributed by atoms with E-state index in [9.17, 15) is 4.79 Å². The minimum atomic E-state index is -0.00916. The second-order valence-corrected chi connectivity index (χ2v) is 8.73. The van der Waals surface area contributed by atoms with Crippen molar-refractivity contribution in [3.05, 3.63) is 71.3 Å². The van der Waals surface area contributed by atoms with Gasteiger partial charge in [0.2, 0.25) is 0 Å². The summed E-state index contributed by atoms with van der Waals surface area (Å²) in [5.41, 5.74) is 4.10. The first kappa shape index (κ1) is 19.6. The summed E-state index contributed by atoms with van der Waals surface area (Å²) in [5, 5.41) is 2.96. The van der Waals surface area contributed by atoms with Gasteiger partial charge in [0.05, 0.1) is 10.2 Å². The molecule has 0 N–H and O–H groups in total. The van der Waals surface area contributed by atoms with E-state index in [1.807, 2.05) is 55.4 Å². The number of nitrogens with zero attached hydrogens (tertiary/aromatic N) is 3. The maximum Gasteiger partial charge on any atom is 0.260 e. The van der Waals surface area contributed by atoms with Crippen LogP contribution in [0.15, 0.2) is 54.6 Å². The molecule has 0 bridgehead atoms. The average molecular weight is 404 g/mol. The predicted molar refractivity (Wildman–Crippen MR) is 123 cm³/mol. The molecular formula is C24H25N3OS. The Labute approximate surface area is 175 Å². The van der Waals surface area contributed by atoms with Gasteiger partial charge in [0, 0.05) is 18.7 Å². The molecule has 29 heavy (non-hydrogen) atoms. The summed E-state index contributed by atoms with van der Waals surface area (Å²) < 4.78 is 1.12. The van der Waals surface area contributed by atoms with Crippen LogP contribution in [-0.4, -0.2) is 43.0 Å². The SMILES string of the molecule is Cc1cc2nc(N(CCN(C)C)C(=O)c3ccc4ccccc4c3)sc2cc1C. The second-order valence-electron chi connectivity index (χ2n) is 7.72. The van der Waals surface area contributed by atoms with E-state index in [2.05, 4.69) is 36.9 Å². The third kappa shape index (κ3) is 4.02. The number of carbonyl (C=O) groups is 1. The van der Waals surface area contributed by atoms with Gasteiger partial charge < -0.3 is 4.90 Å². The lowest BCUT2D eigenvalue weighted by molar-refractivity contribution is 0.0985. The number of anilines is 1. The molecule has 0 radical (unpaired) electrons. The zero-order valence-electron chi connectivity index (χ0n) is 17.3. The second kappa shape index (κ2) is 7.93. The van der Waals surface area contributed by atoms with Crippen LogP contribution in [0, 0.1) is 13.8 Å². The molecule has 0 saturated carbocycles. The van der Waals surface area contributed by atoms with Crippen LogP contribution >= 0.6 is 11.3 Å². The van der Waals surface area contributed by atoms with Crippen LogP contribution in [0.1, 0.15) is 21.5 Å². The Morgan fingerprint density at radius 3 is 2.41 bits per heavy atom. The minimum absolute atomic E-state index is 0.00916. The van der Waals surface area contributed by atoms with E-state index in [1.54, 1.807) is 11.3 Å². The number of rotatable bonds is 5. The lowest BCUT2D eigenvalue weighted by Gasteiger charge is -2.22. The fraction of sp³-hybridized carbons (Fsp3) is 0.250. The molecule has 0 aliphatic rings. The number of fused-ring (bicyclic) bond motifs is 2. The molecule has 4 nitrogen and oxygen atoms in total. The summed E-state index contributed by atoms with van der Waals surface area (Å²) in [5.74, 6) is -0.00916. The van der Waals surface area contributed by atoms with E-state index >= 15 is 0 Å². The van der Waals surface area contributed by atoms with Crippen molar-refractivity contribution < 1.29 is 4.79 Å². The largest absolute Gasteiger partial charge is 0.308 e. The molecule has 4 rings (SSSR count). The average Bonchev–Trinajstić information content (AvgIpc) is 3.10. The van der Waals surface area contributed by atoms with Crippen molar-refractivity contribution in [3.8, 4) is 0 Å². The standard InChI is InChI=1S/C24H25N3OS/c1-16-13-21-22(14-17(16)2)29-24(25-21)27(12-11-26(3)4)23(28)20-10-9-18-7-5-6-8-19(18)15-20/h5-10,13-15H,11-12H2,1-4H3. The highest BCUT2D eigenvalue weighted by Gasteiger charge is 2.22. The van der Waals surface area contributed by atoms with Gasteiger partial charge in [0.1, 0.15) is 0 Å². The van der Waals surface area contributed by atoms with Crippen LogP contribution in [0.3, 0.4) is 0 Å². The van der Waals surface area contributed by atoms with E-state index in [4.69, 9.17) is 4.98 Å². The molecule has 0 aliphatic carbocycles. The van der Waals surface area contributed by atoms with Gasteiger partial charge in [-0.3, -0.25) is 9.69 Å². The summed E-state index contributed by atoms with van der Waals surface area (Å²) in [6.07, 6.45) is 0. The fourth-order valence-corrected chi connectivity index (χ4v) is 4.42. The normalized spacial score (nSPS) is 11.5. The summed E-state index contributed by atoms with van der Waals surface area (Å²) >= 11 is 1.58. The molecule has 1 heterocycles. The third-order valence-electron chi connectivity index (χ3n) is 5.24. The number of thiazole rings is 1. The summed E-state index contributed by atoms with van der Waals surface area (Å²) in [6, 6.07) is 18.3. The maximum atomic E-state index is 13.5. The van der Waals surface area contributed by atoms with Crippen molar-refractivity contribution in [2.45, 2.75) is 13.8 Å². The van der Waals surface area contributed by atoms with Crippen LogP contribution in [0.25, 0.3) is 21.0 Å². The quantitative estimate of drug-likeness (QED) is 0.455. The topological polar surface area (TPSA) is 36.4 Å². The number of hydrogen-bond acceptors (Lipinski definition) is 4. The zero-order chi connectivity index (χ0) is 20.5. The van der Waals surface area contributed by atoms with E-state index in [-0.39, 0.29) is 5.91 Å². The van der Waals surface area contributed by atoms with Gasteiger partial charge in [-0.1, -0.05) is 41.7 Å². The Hall–Kier alpha value is -2.76. The molecule has 0 spiro atoms. The Kier molecular flexibility index (Phi) is 5.35. The molecule has 0 fully saturated rings. The van der Waals surface area contributed by atoms with Crippen molar-refractivity contribution in [1.29, 1.82) is 0 Å². The molecule has 5 heteroatoms. The van der Waals surface area contributed by atoms with E-state index in [0.717, 1.165) is 32.7 Å². The van der Waals surface area contributed by atoms with Crippen molar-refractivity contribution in [1.82, 2.24) is 9.88 Å². The molecule has 0 saturated heterocycles. The highest BCUT2D eigenvalue weighted by molar-refractivity contribution is 7.22. The Morgan fingerprint density at radius 1 is 0.931 bits per heavy atom. The van der Waals surface area contributed by atoms with Crippen molar-refractivity contribution in [2.75, 3.05) is 32.1 Å². The monoisotopic (exact) mass is 403 g/mol. The summed E-state index contributed by atoms with van der Waals surface area (Å²) in [6.45, 7) is 5.57. The number of aromatic nitrogens is 1. The molecule has 148 valence electrons. The number of likely N-dealkylation sites (N-methyl/N-ethyl adjacent to an activating group) is 1. The lowest BCUT2D eigenvalue weighted by Crippen LogP contribution is -2.36. The van der Waals surface area contributed by atoms with E-state index in [1.165, 1.54) is 11.1 Å². The number of hydrogen-bond donors (Lipinski definition) is 0. The highest BCUT2D eigenvalue weighted by Crippen LogP contribution is 2.32. The number of carbonyl (C=O) groups excluding carboxylic acids is 1. The molecule has 1 amide bonds. The lowest BCUT2D eigenvalue weighted by atomic mass is 10.1. The smallest absolute Gasteiger partial charge is 0.260 e. The number of amides is 1. The van der Waals surface area contributed by atoms with Crippen molar-refractivity contribution in [3.63, 3.8) is 0 Å². The Morgan fingerprint density at radius 2 is 1.66 bits per heavy atom. The minimum Gasteiger partial charge on any atom is -0.308 e. The van der Waals surface area contributed by atoms with Gasteiger partial charge in [0.25, 0.3) is 5.91 Å². The molecule has 3 aromatic carbocycles. The molecule has 4 aromatic rings. The molecule has 1 aromatic heterocycles. The first-order valence-corrected chi connectivity index (χ1v) is 10.6. The maximum absolute atomic E-state index is 13.5. The van der Waals surface area contributed by atoms with Gasteiger partial charge in [0.15, 0.2) is 5.13 Å². The highest BCUT2D eigenvalue weighted by atomic mass is 32.1. The molecule has 0 aliphatic heterocycles. The molecule has 0 atom stereocenters. The van der Waals surface area contributed by atoms with Gasteiger partial charge in [-0.25, -0.2) is 4.98 Å². The van der Waals surface area contributed by atoms with Gasteiger partial charge in [-0.15, -0.1) is 0 Å². The van der Waals surface area contributed by atoms with Crippen LogP contribution in [0.4, 0.5) is 5.13 Å². The summed E-state index contributed by atoms with van der Waals surface area (Å²) in [7, 11) is 4.04. The van der Waals surface area contributed by atoms with Gasteiger partial charge >= 0.3 is 0 Å². The van der Waals surface area contributed by atoms with Crippen molar-refractivity contribution in [2.24, 2.45) is 0 Å². The third-order valence-corrected chi connectivity index (χ3v) is 6.28. The number of benzene rings is 3. The van der Waals surface area contributed by atoms with Crippen molar-refractivity contribution >= 4 is 43.4 Å². The van der Waals surface area contributed by atoms with E-state index in [0.29, 0.717) is 12.1 Å². The number of aryl methyl sites for hydroxylation is 2. The fourth-order valence-electron chi connectivity index (χ4n) is 3.35. The van der Waals surface area contributed by atoms with Gasteiger partial charge in [-0.05, 0) is 74.1 Å². The predicted octanol–water partition coefficient (Wildman–Crippen LogP) is 5.27.